The number of hydrogen-bond acceptors (Lipinski definition) is 3. The Kier molecular flexibility index (Phi) is 6.10. The number of para-hydroxylation sites is 1. The number of halogens is 1. The minimum atomic E-state index is -0.478. The first-order valence-electron chi connectivity index (χ1n) is 6.08. The highest BCUT2D eigenvalue weighted by Crippen LogP contribution is 2.15. The Morgan fingerprint density at radius 2 is 2.05 bits per heavy atom. The van der Waals surface area contributed by atoms with Crippen LogP contribution in [0.25, 0.3) is 0 Å². The number of ether oxygens (including phenoxy) is 1. The Hall–Kier alpha value is -2.15. The molecule has 0 saturated carbocycles. The van der Waals surface area contributed by atoms with E-state index in [-0.39, 0.29) is 29.4 Å². The molecule has 6 nitrogen and oxygen atoms in total. The molecular formula is C14H16BrN3O3. The maximum Gasteiger partial charge on any atom is 0.339 e. The standard InChI is InChI=1S/C14H15N3O3.BrH/c1-16-7-8-17(10-16)9-13(18)15-12-6-4-3-5-11(12)14(19)20-2;/h3-8,10H,9H2,1-2H3;1H. The zero-order valence-corrected chi connectivity index (χ0v) is 13.3. The molecule has 0 unspecified atom stereocenters. The summed E-state index contributed by atoms with van der Waals surface area (Å²) in [5.41, 5.74) is 0.780. The molecule has 0 radical (unpaired) electrons. The first kappa shape index (κ1) is 16.9. The fourth-order valence-electron chi connectivity index (χ4n) is 1.83. The number of anilines is 1. The van der Waals surface area contributed by atoms with Gasteiger partial charge < -0.3 is 27.0 Å². The van der Waals surface area contributed by atoms with Crippen molar-refractivity contribution in [3.63, 3.8) is 0 Å². The molecule has 0 aliphatic carbocycles. The van der Waals surface area contributed by atoms with Crippen molar-refractivity contribution >= 4 is 17.6 Å². The molecule has 2 rings (SSSR count). The summed E-state index contributed by atoms with van der Waals surface area (Å²) >= 11 is 0. The van der Waals surface area contributed by atoms with Gasteiger partial charge in [-0.2, -0.15) is 0 Å². The predicted octanol–water partition coefficient (Wildman–Crippen LogP) is -2.26. The van der Waals surface area contributed by atoms with Crippen molar-refractivity contribution < 1.29 is 35.9 Å². The second kappa shape index (κ2) is 7.58. The number of nitrogens with zero attached hydrogens (tertiary/aromatic N) is 2. The van der Waals surface area contributed by atoms with Gasteiger partial charge in [-0.25, -0.2) is 13.9 Å². The van der Waals surface area contributed by atoms with Crippen molar-refractivity contribution in [2.75, 3.05) is 12.4 Å². The Balaban J connectivity index is 0.00000220. The molecule has 1 aromatic heterocycles. The molecule has 1 aromatic carbocycles. The number of benzene rings is 1. The van der Waals surface area contributed by atoms with Gasteiger partial charge in [0.25, 0.3) is 5.91 Å². The van der Waals surface area contributed by atoms with Crippen molar-refractivity contribution in [1.29, 1.82) is 0 Å². The number of carbonyl (C=O) groups excluding carboxylic acids is 2. The number of nitrogens with one attached hydrogen (secondary N) is 1. The maximum atomic E-state index is 12.0. The summed E-state index contributed by atoms with van der Waals surface area (Å²) in [7, 11) is 3.18. The lowest BCUT2D eigenvalue weighted by molar-refractivity contribution is -0.671. The minimum absolute atomic E-state index is 0. The van der Waals surface area contributed by atoms with Crippen LogP contribution >= 0.6 is 0 Å². The number of aromatic nitrogens is 2. The van der Waals surface area contributed by atoms with Gasteiger partial charge in [-0.15, -0.1) is 0 Å². The Bertz CT molecular complexity index is 640. The zero-order chi connectivity index (χ0) is 14.5. The molecule has 0 atom stereocenters. The summed E-state index contributed by atoms with van der Waals surface area (Å²) in [6, 6.07) is 6.74. The van der Waals surface area contributed by atoms with Crippen LogP contribution in [0.1, 0.15) is 10.4 Å². The van der Waals surface area contributed by atoms with E-state index >= 15 is 0 Å². The number of carbonyl (C=O) groups is 2. The third-order valence-corrected chi connectivity index (χ3v) is 2.76. The summed E-state index contributed by atoms with van der Waals surface area (Å²) in [6.07, 6.45) is 5.44. The lowest BCUT2D eigenvalue weighted by Gasteiger charge is -2.08. The van der Waals surface area contributed by atoms with Crippen LogP contribution in [0.15, 0.2) is 43.0 Å². The van der Waals surface area contributed by atoms with Gasteiger partial charge in [-0.1, -0.05) is 12.1 Å². The average Bonchev–Trinajstić information content (AvgIpc) is 2.83. The molecular weight excluding hydrogens is 338 g/mol. The first-order chi connectivity index (χ1) is 9.60. The molecule has 2 aromatic rings. The molecule has 1 N–H and O–H groups in total. The van der Waals surface area contributed by atoms with E-state index in [1.807, 2.05) is 17.8 Å². The molecule has 0 aliphatic heterocycles. The summed E-state index contributed by atoms with van der Waals surface area (Å²) < 4.78 is 8.27. The minimum Gasteiger partial charge on any atom is -1.00 e. The molecule has 21 heavy (non-hydrogen) atoms. The number of esters is 1. The van der Waals surface area contributed by atoms with Gasteiger partial charge in [-0.3, -0.25) is 4.79 Å². The summed E-state index contributed by atoms with van der Waals surface area (Å²) in [6.45, 7) is 0.177. The van der Waals surface area contributed by atoms with E-state index < -0.39 is 5.97 Å². The highest BCUT2D eigenvalue weighted by atomic mass is 79.9. The molecule has 1 heterocycles. The predicted molar refractivity (Wildman–Crippen MR) is 72.0 cm³/mol. The van der Waals surface area contributed by atoms with Crippen LogP contribution in [-0.2, 0) is 23.1 Å². The van der Waals surface area contributed by atoms with Crippen LogP contribution in [0.3, 0.4) is 0 Å². The molecule has 7 heteroatoms. The van der Waals surface area contributed by atoms with Crippen LogP contribution in [0.4, 0.5) is 5.69 Å². The molecule has 0 aliphatic rings. The number of methoxy groups -OCH3 is 1. The Morgan fingerprint density at radius 3 is 2.67 bits per heavy atom. The quantitative estimate of drug-likeness (QED) is 0.498. The fourth-order valence-corrected chi connectivity index (χ4v) is 1.83. The van der Waals surface area contributed by atoms with Crippen LogP contribution < -0.4 is 26.9 Å². The number of hydrogen-bond donors (Lipinski definition) is 1. The average molecular weight is 354 g/mol. The highest BCUT2D eigenvalue weighted by Gasteiger charge is 2.14. The van der Waals surface area contributed by atoms with Crippen molar-refractivity contribution in [2.45, 2.75) is 6.54 Å². The van der Waals surface area contributed by atoms with E-state index in [2.05, 4.69) is 10.1 Å². The van der Waals surface area contributed by atoms with E-state index in [0.29, 0.717) is 11.3 Å². The molecule has 0 fully saturated rings. The molecule has 1 amide bonds. The topological polar surface area (TPSA) is 64.2 Å². The second-order valence-corrected chi connectivity index (χ2v) is 4.34. The molecule has 0 bridgehead atoms. The first-order valence-corrected chi connectivity index (χ1v) is 6.08. The van der Waals surface area contributed by atoms with Gasteiger partial charge in [0.1, 0.15) is 12.4 Å². The van der Waals surface area contributed by atoms with Gasteiger partial charge >= 0.3 is 5.97 Å². The third kappa shape index (κ3) is 4.42. The number of amides is 1. The van der Waals surface area contributed by atoms with E-state index in [1.165, 1.54) is 7.11 Å². The molecule has 0 saturated heterocycles. The van der Waals surface area contributed by atoms with Crippen LogP contribution in [0.2, 0.25) is 0 Å². The van der Waals surface area contributed by atoms with Crippen molar-refractivity contribution in [3.05, 3.63) is 48.5 Å². The summed E-state index contributed by atoms with van der Waals surface area (Å²) in [5, 5.41) is 2.71. The van der Waals surface area contributed by atoms with Crippen LogP contribution in [-0.4, -0.2) is 23.6 Å². The van der Waals surface area contributed by atoms with Gasteiger partial charge in [-0.05, 0) is 12.1 Å². The number of aryl methyl sites for hydroxylation is 1. The number of imidazole rings is 1. The Labute approximate surface area is 133 Å². The van der Waals surface area contributed by atoms with E-state index in [4.69, 9.17) is 0 Å². The van der Waals surface area contributed by atoms with Gasteiger partial charge in [0.2, 0.25) is 6.33 Å². The smallest absolute Gasteiger partial charge is 0.339 e. The van der Waals surface area contributed by atoms with Crippen molar-refractivity contribution in [1.82, 2.24) is 4.57 Å². The highest BCUT2D eigenvalue weighted by molar-refractivity contribution is 6.01. The van der Waals surface area contributed by atoms with Gasteiger partial charge in [0.15, 0.2) is 6.54 Å². The van der Waals surface area contributed by atoms with E-state index in [1.54, 1.807) is 41.4 Å². The Morgan fingerprint density at radius 1 is 1.33 bits per heavy atom. The summed E-state index contributed by atoms with van der Waals surface area (Å²) in [5.74, 6) is -0.689. The van der Waals surface area contributed by atoms with E-state index in [0.717, 1.165) is 0 Å². The van der Waals surface area contributed by atoms with Crippen molar-refractivity contribution in [3.8, 4) is 0 Å². The van der Waals surface area contributed by atoms with Gasteiger partial charge in [0, 0.05) is 0 Å². The fraction of sp³-hybridized carbons (Fsp3) is 0.214. The monoisotopic (exact) mass is 353 g/mol. The maximum absolute atomic E-state index is 12.0. The lowest BCUT2D eigenvalue weighted by atomic mass is 10.2. The van der Waals surface area contributed by atoms with Gasteiger partial charge in [0.05, 0.1) is 25.4 Å². The van der Waals surface area contributed by atoms with Crippen LogP contribution in [0, 0.1) is 0 Å². The second-order valence-electron chi connectivity index (χ2n) is 4.34. The van der Waals surface area contributed by atoms with Crippen molar-refractivity contribution in [2.24, 2.45) is 7.05 Å². The van der Waals surface area contributed by atoms with E-state index in [9.17, 15) is 9.59 Å². The molecule has 0 spiro atoms. The lowest BCUT2D eigenvalue weighted by Crippen LogP contribution is -3.00. The normalized spacial score (nSPS) is 9.62. The zero-order valence-electron chi connectivity index (χ0n) is 11.7. The molecule has 112 valence electrons. The SMILES string of the molecule is COC(=O)c1ccccc1NC(=O)Cn1cc[n+](C)c1.[Br-]. The largest absolute Gasteiger partial charge is 1.00 e. The summed E-state index contributed by atoms with van der Waals surface area (Å²) in [4.78, 5) is 23.6. The van der Waals surface area contributed by atoms with Crippen LogP contribution in [0.5, 0.6) is 0 Å². The number of rotatable bonds is 4. The third-order valence-electron chi connectivity index (χ3n) is 2.76.